The second-order valence-corrected chi connectivity index (χ2v) is 6.42. The van der Waals surface area contributed by atoms with E-state index in [0.29, 0.717) is 0 Å². The predicted molar refractivity (Wildman–Crippen MR) is 74.3 cm³/mol. The van der Waals surface area contributed by atoms with Crippen molar-refractivity contribution < 1.29 is 0 Å². The van der Waals surface area contributed by atoms with Crippen molar-refractivity contribution in [1.29, 1.82) is 0 Å². The second kappa shape index (κ2) is 6.19. The van der Waals surface area contributed by atoms with E-state index in [4.69, 9.17) is 0 Å². The molecule has 0 amide bonds. The minimum absolute atomic E-state index is 0.733. The predicted octanol–water partition coefficient (Wildman–Crippen LogP) is 3.03. The van der Waals surface area contributed by atoms with Crippen LogP contribution in [-0.2, 0) is 0 Å². The molecule has 0 spiro atoms. The maximum absolute atomic E-state index is 3.59. The van der Waals surface area contributed by atoms with E-state index in [1.807, 2.05) is 0 Å². The highest BCUT2D eigenvalue weighted by Crippen LogP contribution is 2.33. The molecule has 0 bridgehead atoms. The van der Waals surface area contributed by atoms with Crippen LogP contribution in [-0.4, -0.2) is 36.6 Å². The lowest BCUT2D eigenvalue weighted by Crippen LogP contribution is -2.50. The Labute approximate surface area is 107 Å². The molecule has 0 aromatic heterocycles. The van der Waals surface area contributed by atoms with Gasteiger partial charge in [0, 0.05) is 24.7 Å². The van der Waals surface area contributed by atoms with Gasteiger partial charge < -0.3 is 5.32 Å². The molecule has 1 N–H and O–H groups in total. The van der Waals surface area contributed by atoms with Gasteiger partial charge in [0.2, 0.25) is 0 Å². The SMILES string of the molecule is CNC1CCCCCC1N(CC(C)C)C1CC1. The third-order valence-corrected chi connectivity index (χ3v) is 4.37. The third kappa shape index (κ3) is 3.69. The summed E-state index contributed by atoms with van der Waals surface area (Å²) in [5, 5.41) is 3.59. The van der Waals surface area contributed by atoms with E-state index >= 15 is 0 Å². The average Bonchev–Trinajstić information content (AvgIpc) is 3.12. The van der Waals surface area contributed by atoms with Crippen LogP contribution in [0.1, 0.15) is 58.8 Å². The lowest BCUT2D eigenvalue weighted by molar-refractivity contribution is 0.126. The molecule has 100 valence electrons. The molecule has 2 fully saturated rings. The molecular formula is C15H30N2. The van der Waals surface area contributed by atoms with Crippen LogP contribution in [0.3, 0.4) is 0 Å². The summed E-state index contributed by atoms with van der Waals surface area (Å²) in [6, 6.07) is 2.45. The van der Waals surface area contributed by atoms with Gasteiger partial charge in [-0.15, -0.1) is 0 Å². The van der Waals surface area contributed by atoms with Crippen LogP contribution in [0.4, 0.5) is 0 Å². The first-order valence-corrected chi connectivity index (χ1v) is 7.65. The first-order chi connectivity index (χ1) is 8.22. The quantitative estimate of drug-likeness (QED) is 0.741. The van der Waals surface area contributed by atoms with E-state index in [0.717, 1.165) is 24.0 Å². The maximum atomic E-state index is 3.59. The molecule has 2 saturated carbocycles. The molecule has 2 nitrogen and oxygen atoms in total. The third-order valence-electron chi connectivity index (χ3n) is 4.37. The van der Waals surface area contributed by atoms with Gasteiger partial charge in [-0.25, -0.2) is 0 Å². The van der Waals surface area contributed by atoms with Gasteiger partial charge in [0.1, 0.15) is 0 Å². The topological polar surface area (TPSA) is 15.3 Å². The summed E-state index contributed by atoms with van der Waals surface area (Å²) in [5.74, 6) is 0.802. The zero-order chi connectivity index (χ0) is 12.3. The van der Waals surface area contributed by atoms with Crippen molar-refractivity contribution in [3.63, 3.8) is 0 Å². The number of hydrogen-bond acceptors (Lipinski definition) is 2. The van der Waals surface area contributed by atoms with Gasteiger partial charge in [0.15, 0.2) is 0 Å². The summed E-state index contributed by atoms with van der Waals surface area (Å²) in [6.45, 7) is 6.02. The first kappa shape index (κ1) is 13.4. The van der Waals surface area contributed by atoms with Crippen molar-refractivity contribution in [2.75, 3.05) is 13.6 Å². The van der Waals surface area contributed by atoms with E-state index in [-0.39, 0.29) is 0 Å². The Morgan fingerprint density at radius 3 is 2.35 bits per heavy atom. The van der Waals surface area contributed by atoms with Crippen LogP contribution in [0.5, 0.6) is 0 Å². The van der Waals surface area contributed by atoms with Crippen molar-refractivity contribution in [2.45, 2.75) is 76.9 Å². The molecule has 2 heteroatoms. The maximum Gasteiger partial charge on any atom is 0.0252 e. The fourth-order valence-electron chi connectivity index (χ4n) is 3.40. The molecule has 0 saturated heterocycles. The largest absolute Gasteiger partial charge is 0.315 e. The Morgan fingerprint density at radius 1 is 1.06 bits per heavy atom. The Kier molecular flexibility index (Phi) is 4.87. The van der Waals surface area contributed by atoms with E-state index in [9.17, 15) is 0 Å². The molecule has 0 aliphatic heterocycles. The molecule has 2 rings (SSSR count). The van der Waals surface area contributed by atoms with Crippen LogP contribution >= 0.6 is 0 Å². The smallest absolute Gasteiger partial charge is 0.0252 e. The number of likely N-dealkylation sites (N-methyl/N-ethyl adjacent to an activating group) is 1. The summed E-state index contributed by atoms with van der Waals surface area (Å²) in [6.07, 6.45) is 9.97. The van der Waals surface area contributed by atoms with Gasteiger partial charge in [-0.05, 0) is 38.6 Å². The molecule has 2 unspecified atom stereocenters. The first-order valence-electron chi connectivity index (χ1n) is 7.65. The molecule has 2 atom stereocenters. The molecule has 0 radical (unpaired) electrons. The van der Waals surface area contributed by atoms with Crippen LogP contribution < -0.4 is 5.32 Å². The van der Waals surface area contributed by atoms with Crippen molar-refractivity contribution in [2.24, 2.45) is 5.92 Å². The van der Waals surface area contributed by atoms with E-state index < -0.39 is 0 Å². The summed E-state index contributed by atoms with van der Waals surface area (Å²) in [5.41, 5.74) is 0. The lowest BCUT2D eigenvalue weighted by Gasteiger charge is -2.37. The number of nitrogens with zero attached hydrogens (tertiary/aromatic N) is 1. The van der Waals surface area contributed by atoms with E-state index in [1.165, 1.54) is 51.5 Å². The highest BCUT2D eigenvalue weighted by atomic mass is 15.2. The fourth-order valence-corrected chi connectivity index (χ4v) is 3.40. The normalized spacial score (nSPS) is 30.9. The zero-order valence-corrected chi connectivity index (χ0v) is 11.9. The van der Waals surface area contributed by atoms with E-state index in [2.05, 4.69) is 31.1 Å². The molecule has 0 aromatic carbocycles. The van der Waals surface area contributed by atoms with E-state index in [1.54, 1.807) is 0 Å². The average molecular weight is 238 g/mol. The summed E-state index contributed by atoms with van der Waals surface area (Å²) >= 11 is 0. The molecular weight excluding hydrogens is 208 g/mol. The van der Waals surface area contributed by atoms with Gasteiger partial charge in [-0.3, -0.25) is 4.90 Å². The van der Waals surface area contributed by atoms with Gasteiger partial charge >= 0.3 is 0 Å². The zero-order valence-electron chi connectivity index (χ0n) is 11.9. The fraction of sp³-hybridized carbons (Fsp3) is 1.00. The van der Waals surface area contributed by atoms with Gasteiger partial charge in [-0.2, -0.15) is 0 Å². The van der Waals surface area contributed by atoms with Crippen molar-refractivity contribution >= 4 is 0 Å². The molecule has 0 heterocycles. The van der Waals surface area contributed by atoms with Crippen LogP contribution in [0, 0.1) is 5.92 Å². The molecule has 2 aliphatic rings. The van der Waals surface area contributed by atoms with Crippen molar-refractivity contribution in [1.82, 2.24) is 10.2 Å². The Morgan fingerprint density at radius 2 is 1.76 bits per heavy atom. The summed E-state index contributed by atoms with van der Waals surface area (Å²) in [4.78, 5) is 2.84. The van der Waals surface area contributed by atoms with Crippen LogP contribution in [0.2, 0.25) is 0 Å². The summed E-state index contributed by atoms with van der Waals surface area (Å²) < 4.78 is 0. The number of rotatable bonds is 5. The molecule has 0 aromatic rings. The Hall–Kier alpha value is -0.0800. The highest BCUT2D eigenvalue weighted by molar-refractivity contribution is 4.94. The van der Waals surface area contributed by atoms with Gasteiger partial charge in [-0.1, -0.05) is 33.1 Å². The molecule has 17 heavy (non-hydrogen) atoms. The van der Waals surface area contributed by atoms with Gasteiger partial charge in [0.25, 0.3) is 0 Å². The Bertz CT molecular complexity index is 223. The molecule has 2 aliphatic carbocycles. The summed E-state index contributed by atoms with van der Waals surface area (Å²) in [7, 11) is 2.16. The number of nitrogens with one attached hydrogen (secondary N) is 1. The van der Waals surface area contributed by atoms with Gasteiger partial charge in [0.05, 0.1) is 0 Å². The van der Waals surface area contributed by atoms with Crippen molar-refractivity contribution in [3.05, 3.63) is 0 Å². The van der Waals surface area contributed by atoms with Crippen LogP contribution in [0.25, 0.3) is 0 Å². The van der Waals surface area contributed by atoms with Crippen LogP contribution in [0.15, 0.2) is 0 Å². The lowest BCUT2D eigenvalue weighted by atomic mass is 9.99. The standard InChI is InChI=1S/C15H30N2/c1-12(2)11-17(13-9-10-13)15-8-6-4-5-7-14(15)16-3/h12-16H,4-11H2,1-3H3. The van der Waals surface area contributed by atoms with Crippen molar-refractivity contribution in [3.8, 4) is 0 Å². The highest BCUT2D eigenvalue weighted by Gasteiger charge is 2.37. The second-order valence-electron chi connectivity index (χ2n) is 6.42. The monoisotopic (exact) mass is 238 g/mol. The number of hydrogen-bond donors (Lipinski definition) is 1. The minimum atomic E-state index is 0.733. The Balaban J connectivity index is 2.02. The minimum Gasteiger partial charge on any atom is -0.315 e.